The average Bonchev–Trinajstić information content (AvgIpc) is 3.25. The van der Waals surface area contributed by atoms with Crippen molar-refractivity contribution in [3.8, 4) is 17.2 Å². The predicted octanol–water partition coefficient (Wildman–Crippen LogP) is 5.84. The van der Waals surface area contributed by atoms with Gasteiger partial charge in [0, 0.05) is 38.3 Å². The lowest BCUT2D eigenvalue weighted by atomic mass is 10.2. The Balaban J connectivity index is 0.00000253. The predicted molar refractivity (Wildman–Crippen MR) is 182 cm³/mol. The Labute approximate surface area is 274 Å². The van der Waals surface area contributed by atoms with Crippen LogP contribution in [0.2, 0.25) is 0 Å². The number of hydrogen-bond acceptors (Lipinski definition) is 8. The number of likely N-dealkylation sites (N-methyl/N-ethyl adjacent to an activating group) is 1. The number of halogens is 2. The number of primary amides is 1. The van der Waals surface area contributed by atoms with Gasteiger partial charge in [0.1, 0.15) is 17.2 Å². The molecular weight excluding hydrogens is 627 g/mol. The summed E-state index contributed by atoms with van der Waals surface area (Å²) in [6, 6.07) is 21.5. The number of carbonyl (C=O) groups excluding carboxylic acids is 2. The van der Waals surface area contributed by atoms with E-state index >= 15 is 0 Å². The van der Waals surface area contributed by atoms with Crippen LogP contribution >= 0.6 is 48.8 Å². The number of amides is 2. The molecule has 0 unspecified atom stereocenters. The largest absolute Gasteiger partial charge is 0.494 e. The lowest BCUT2D eigenvalue weighted by molar-refractivity contribution is -0.113. The molecule has 0 saturated carbocycles. The van der Waals surface area contributed by atoms with Crippen LogP contribution in [0.3, 0.4) is 0 Å². The maximum atomic E-state index is 13.2. The van der Waals surface area contributed by atoms with E-state index in [1.807, 2.05) is 54.6 Å². The zero-order valence-corrected chi connectivity index (χ0v) is 26.9. The highest BCUT2D eigenvalue weighted by Gasteiger charge is 2.33. The van der Waals surface area contributed by atoms with Gasteiger partial charge in [-0.3, -0.25) is 14.5 Å². The van der Waals surface area contributed by atoms with E-state index in [2.05, 4.69) is 16.8 Å². The van der Waals surface area contributed by atoms with Gasteiger partial charge in [0.25, 0.3) is 5.91 Å². The first-order valence-corrected chi connectivity index (χ1v) is 14.7. The fraction of sp³-hybridized carbons (Fsp3) is 0.258. The second kappa shape index (κ2) is 16.1. The fourth-order valence-electron chi connectivity index (χ4n) is 4.54. The van der Waals surface area contributed by atoms with Gasteiger partial charge in [-0.15, -0.1) is 24.8 Å². The van der Waals surface area contributed by atoms with Gasteiger partial charge in [-0.2, -0.15) is 0 Å². The maximum absolute atomic E-state index is 13.2. The average molecular weight is 662 g/mol. The van der Waals surface area contributed by atoms with Gasteiger partial charge in [-0.1, -0.05) is 36.1 Å². The monoisotopic (exact) mass is 660 g/mol. The first-order valence-electron chi connectivity index (χ1n) is 13.5. The number of anilines is 1. The van der Waals surface area contributed by atoms with Crippen molar-refractivity contribution >= 4 is 76.7 Å². The van der Waals surface area contributed by atoms with Crippen LogP contribution in [-0.2, 0) is 4.79 Å². The highest BCUT2D eigenvalue weighted by Crippen LogP contribution is 2.36. The Hall–Kier alpha value is -3.12. The van der Waals surface area contributed by atoms with Gasteiger partial charge >= 0.3 is 0 Å². The normalized spacial score (nSPS) is 16.5. The molecule has 43 heavy (non-hydrogen) atoms. The second-order valence-electron chi connectivity index (χ2n) is 9.92. The minimum atomic E-state index is -0.486. The van der Waals surface area contributed by atoms with Crippen LogP contribution in [-0.4, -0.2) is 72.3 Å². The summed E-state index contributed by atoms with van der Waals surface area (Å²) >= 11 is 6.82. The Morgan fingerprint density at radius 2 is 1.49 bits per heavy atom. The number of nitrogens with zero attached hydrogens (tertiary/aromatic N) is 3. The molecule has 2 N–H and O–H groups in total. The van der Waals surface area contributed by atoms with Crippen molar-refractivity contribution in [1.29, 1.82) is 0 Å². The third-order valence-corrected chi connectivity index (χ3v) is 8.23. The number of piperazine rings is 1. The number of carbonyl (C=O) groups is 2. The standard InChI is InChI=1S/C31H32N4O4S2.2ClH/c1-33-16-18-34(19-17-33)15-2-20-38-25-13-7-24(8-14-25)35-30(37)28(41-31(35)40)21-22-3-9-26(10-4-22)39-27-11-5-23(6-12-27)29(32)36;;/h3-14,21H,2,15-20H2,1H3,(H2,32,36);2*1H/b28-21-;;. The number of rotatable bonds is 10. The summed E-state index contributed by atoms with van der Waals surface area (Å²) in [6.07, 6.45) is 2.80. The zero-order chi connectivity index (χ0) is 28.8. The van der Waals surface area contributed by atoms with Crippen molar-refractivity contribution < 1.29 is 19.1 Å². The fourth-order valence-corrected chi connectivity index (χ4v) is 5.84. The van der Waals surface area contributed by atoms with E-state index in [-0.39, 0.29) is 30.7 Å². The minimum absolute atomic E-state index is 0. The van der Waals surface area contributed by atoms with Crippen LogP contribution in [0.4, 0.5) is 5.69 Å². The van der Waals surface area contributed by atoms with E-state index in [0.717, 1.165) is 50.5 Å². The van der Waals surface area contributed by atoms with Gasteiger partial charge in [0.15, 0.2) is 4.32 Å². The van der Waals surface area contributed by atoms with Crippen molar-refractivity contribution in [3.63, 3.8) is 0 Å². The molecule has 8 nitrogen and oxygen atoms in total. The highest BCUT2D eigenvalue weighted by molar-refractivity contribution is 8.27. The number of ether oxygens (including phenoxy) is 2. The van der Waals surface area contributed by atoms with E-state index in [1.54, 1.807) is 29.2 Å². The summed E-state index contributed by atoms with van der Waals surface area (Å²) in [5.41, 5.74) is 7.26. The molecule has 0 aliphatic carbocycles. The SMILES string of the molecule is CN1CCN(CCCOc2ccc(N3C(=O)/C(=C/c4ccc(Oc5ccc(C(N)=O)cc5)cc4)SC3=S)cc2)CC1.Cl.Cl. The zero-order valence-electron chi connectivity index (χ0n) is 23.6. The molecule has 0 atom stereocenters. The molecule has 3 aromatic carbocycles. The molecule has 2 saturated heterocycles. The van der Waals surface area contributed by atoms with Gasteiger partial charge in [-0.05, 0) is 85.8 Å². The third kappa shape index (κ3) is 9.18. The van der Waals surface area contributed by atoms with Crippen LogP contribution in [0.1, 0.15) is 22.3 Å². The van der Waals surface area contributed by atoms with Crippen LogP contribution in [0.5, 0.6) is 17.2 Å². The molecule has 0 spiro atoms. The lowest BCUT2D eigenvalue weighted by Crippen LogP contribution is -2.44. The molecule has 2 heterocycles. The van der Waals surface area contributed by atoms with E-state index in [4.69, 9.17) is 27.4 Å². The van der Waals surface area contributed by atoms with E-state index < -0.39 is 5.91 Å². The second-order valence-corrected chi connectivity index (χ2v) is 11.6. The summed E-state index contributed by atoms with van der Waals surface area (Å²) in [7, 11) is 2.16. The molecule has 2 aliphatic rings. The summed E-state index contributed by atoms with van der Waals surface area (Å²) in [6.45, 7) is 6.15. The van der Waals surface area contributed by atoms with Crippen LogP contribution < -0.4 is 20.1 Å². The van der Waals surface area contributed by atoms with Crippen molar-refractivity contribution in [1.82, 2.24) is 9.80 Å². The van der Waals surface area contributed by atoms with Crippen molar-refractivity contribution in [2.45, 2.75) is 6.42 Å². The summed E-state index contributed by atoms with van der Waals surface area (Å²) in [5.74, 6) is 1.35. The summed E-state index contributed by atoms with van der Waals surface area (Å²) in [5, 5.41) is 0. The molecule has 2 aliphatic heterocycles. The summed E-state index contributed by atoms with van der Waals surface area (Å²) in [4.78, 5) is 31.4. The molecule has 2 amide bonds. The smallest absolute Gasteiger partial charge is 0.270 e. The Bertz CT molecular complexity index is 1430. The number of thiocarbonyl (C=S) groups is 1. The maximum Gasteiger partial charge on any atom is 0.270 e. The number of thioether (sulfide) groups is 1. The van der Waals surface area contributed by atoms with Crippen molar-refractivity contribution in [2.24, 2.45) is 5.73 Å². The molecule has 2 fully saturated rings. The molecule has 12 heteroatoms. The number of benzene rings is 3. The summed E-state index contributed by atoms with van der Waals surface area (Å²) < 4.78 is 12.3. The van der Waals surface area contributed by atoms with Crippen LogP contribution in [0, 0.1) is 0 Å². The molecular formula is C31H34Cl2N4O4S2. The number of nitrogens with two attached hydrogens (primary N) is 1. The van der Waals surface area contributed by atoms with E-state index in [0.29, 0.717) is 38.6 Å². The highest BCUT2D eigenvalue weighted by atomic mass is 35.5. The molecule has 5 rings (SSSR count). The molecule has 0 radical (unpaired) electrons. The third-order valence-electron chi connectivity index (χ3n) is 6.92. The van der Waals surface area contributed by atoms with Crippen LogP contribution in [0.15, 0.2) is 77.7 Å². The van der Waals surface area contributed by atoms with Gasteiger partial charge in [-0.25, -0.2) is 0 Å². The Morgan fingerprint density at radius 3 is 2.09 bits per heavy atom. The quantitative estimate of drug-likeness (QED) is 0.165. The first-order chi connectivity index (χ1) is 19.9. The first kappa shape index (κ1) is 34.4. The van der Waals surface area contributed by atoms with E-state index in [9.17, 15) is 9.59 Å². The van der Waals surface area contributed by atoms with Gasteiger partial charge < -0.3 is 25.0 Å². The Morgan fingerprint density at radius 1 is 0.907 bits per heavy atom. The molecule has 228 valence electrons. The molecule has 3 aromatic rings. The van der Waals surface area contributed by atoms with Crippen molar-refractivity contribution in [2.75, 3.05) is 51.3 Å². The van der Waals surface area contributed by atoms with Crippen molar-refractivity contribution in [3.05, 3.63) is 88.8 Å². The lowest BCUT2D eigenvalue weighted by Gasteiger charge is -2.32. The van der Waals surface area contributed by atoms with E-state index in [1.165, 1.54) is 11.8 Å². The molecule has 0 aromatic heterocycles. The minimum Gasteiger partial charge on any atom is -0.494 e. The molecule has 0 bridgehead atoms. The van der Waals surface area contributed by atoms with Crippen LogP contribution in [0.25, 0.3) is 6.08 Å². The Kier molecular flexibility index (Phi) is 12.9. The van der Waals surface area contributed by atoms with Gasteiger partial charge in [0.2, 0.25) is 5.91 Å². The topological polar surface area (TPSA) is 88.3 Å². The number of hydrogen-bond donors (Lipinski definition) is 1. The van der Waals surface area contributed by atoms with Gasteiger partial charge in [0.05, 0.1) is 17.2 Å².